The molecule has 0 aliphatic rings. The predicted octanol–water partition coefficient (Wildman–Crippen LogP) is 4.04. The lowest BCUT2D eigenvalue weighted by Gasteiger charge is -2.02. The molecular weight excluding hydrogens is 244 g/mol. The van der Waals surface area contributed by atoms with Crippen LogP contribution in [0.5, 0.6) is 5.75 Å². The zero-order valence-electron chi connectivity index (χ0n) is 10.1. The van der Waals surface area contributed by atoms with Crippen LogP contribution in [0.4, 0.5) is 0 Å². The fourth-order valence-corrected chi connectivity index (χ4v) is 2.16. The minimum absolute atomic E-state index is 0.0406. The van der Waals surface area contributed by atoms with Gasteiger partial charge in [0.25, 0.3) is 0 Å². The molecule has 0 fully saturated rings. The summed E-state index contributed by atoms with van der Waals surface area (Å²) in [6.07, 6.45) is 3.42. The molecule has 0 spiro atoms. The van der Waals surface area contributed by atoms with E-state index in [-0.39, 0.29) is 5.78 Å². The average Bonchev–Trinajstić information content (AvgIpc) is 2.92. The van der Waals surface area contributed by atoms with Crippen molar-refractivity contribution in [2.24, 2.45) is 0 Å². The third-order valence-electron chi connectivity index (χ3n) is 2.38. The van der Waals surface area contributed by atoms with E-state index in [1.165, 1.54) is 11.3 Å². The molecule has 0 atom stereocenters. The Bertz CT molecular complexity index is 524. The molecule has 0 aliphatic heterocycles. The smallest absolute Gasteiger partial charge is 0.195 e. The van der Waals surface area contributed by atoms with Gasteiger partial charge in [-0.1, -0.05) is 24.3 Å². The first kappa shape index (κ1) is 12.6. The van der Waals surface area contributed by atoms with Gasteiger partial charge in [0.1, 0.15) is 5.75 Å². The number of allylic oxidation sites excluding steroid dienone is 1. The molecule has 0 saturated heterocycles. The quantitative estimate of drug-likeness (QED) is 0.597. The van der Waals surface area contributed by atoms with Crippen LogP contribution in [0, 0.1) is 0 Å². The highest BCUT2D eigenvalue weighted by atomic mass is 32.1. The maximum Gasteiger partial charge on any atom is 0.195 e. The number of ketones is 1. The molecule has 0 aliphatic carbocycles. The molecule has 1 heterocycles. The Morgan fingerprint density at radius 1 is 1.28 bits per heavy atom. The van der Waals surface area contributed by atoms with E-state index in [4.69, 9.17) is 4.74 Å². The lowest BCUT2D eigenvalue weighted by molar-refractivity contribution is 0.105. The molecule has 1 aromatic heterocycles. The zero-order valence-corrected chi connectivity index (χ0v) is 10.9. The largest absolute Gasteiger partial charge is 0.494 e. The number of hydrogen-bond acceptors (Lipinski definition) is 3. The SMILES string of the molecule is CCOc1ccc(C=CC(=O)c2cccs2)cc1. The Morgan fingerprint density at radius 2 is 2.06 bits per heavy atom. The highest BCUT2D eigenvalue weighted by Gasteiger charge is 2.01. The number of benzene rings is 1. The molecule has 2 rings (SSSR count). The van der Waals surface area contributed by atoms with Gasteiger partial charge < -0.3 is 4.74 Å². The van der Waals surface area contributed by atoms with Gasteiger partial charge in [-0.25, -0.2) is 0 Å². The monoisotopic (exact) mass is 258 g/mol. The van der Waals surface area contributed by atoms with E-state index >= 15 is 0 Å². The molecule has 0 N–H and O–H groups in total. The number of hydrogen-bond donors (Lipinski definition) is 0. The van der Waals surface area contributed by atoms with Crippen molar-refractivity contribution in [3.8, 4) is 5.75 Å². The molecule has 2 nitrogen and oxygen atoms in total. The van der Waals surface area contributed by atoms with Gasteiger partial charge in [-0.2, -0.15) is 0 Å². The van der Waals surface area contributed by atoms with Crippen LogP contribution in [-0.2, 0) is 0 Å². The van der Waals surface area contributed by atoms with Crippen LogP contribution >= 0.6 is 11.3 Å². The van der Waals surface area contributed by atoms with Crippen molar-refractivity contribution in [2.75, 3.05) is 6.61 Å². The highest BCUT2D eigenvalue weighted by Crippen LogP contribution is 2.14. The molecule has 0 saturated carbocycles. The van der Waals surface area contributed by atoms with Crippen LogP contribution in [0.1, 0.15) is 22.2 Å². The second-order valence-corrected chi connectivity index (χ2v) is 4.62. The van der Waals surface area contributed by atoms with E-state index < -0.39 is 0 Å². The first-order valence-electron chi connectivity index (χ1n) is 5.78. The normalized spacial score (nSPS) is 10.7. The van der Waals surface area contributed by atoms with Crippen molar-refractivity contribution >= 4 is 23.2 Å². The lowest BCUT2D eigenvalue weighted by atomic mass is 10.2. The maximum atomic E-state index is 11.7. The van der Waals surface area contributed by atoms with Crippen LogP contribution in [0.15, 0.2) is 47.9 Å². The summed E-state index contributed by atoms with van der Waals surface area (Å²) in [6, 6.07) is 11.4. The van der Waals surface area contributed by atoms with E-state index in [2.05, 4.69) is 0 Å². The fourth-order valence-electron chi connectivity index (χ4n) is 1.51. The van der Waals surface area contributed by atoms with Gasteiger partial charge >= 0.3 is 0 Å². The van der Waals surface area contributed by atoms with Crippen LogP contribution in [-0.4, -0.2) is 12.4 Å². The Hall–Kier alpha value is -1.87. The van der Waals surface area contributed by atoms with Crippen molar-refractivity contribution in [3.05, 3.63) is 58.3 Å². The maximum absolute atomic E-state index is 11.7. The average molecular weight is 258 g/mol. The third-order valence-corrected chi connectivity index (χ3v) is 3.27. The van der Waals surface area contributed by atoms with Crippen molar-refractivity contribution in [2.45, 2.75) is 6.92 Å². The minimum atomic E-state index is 0.0406. The predicted molar refractivity (Wildman–Crippen MR) is 75.3 cm³/mol. The van der Waals surface area contributed by atoms with Crippen LogP contribution in [0.25, 0.3) is 6.08 Å². The summed E-state index contributed by atoms with van der Waals surface area (Å²) in [7, 11) is 0. The standard InChI is InChI=1S/C15H14O2S/c1-2-17-13-8-5-12(6-9-13)7-10-14(16)15-4-3-11-18-15/h3-11H,2H2,1H3. The summed E-state index contributed by atoms with van der Waals surface area (Å²) in [6.45, 7) is 2.61. The minimum Gasteiger partial charge on any atom is -0.494 e. The summed E-state index contributed by atoms with van der Waals surface area (Å²) in [5, 5.41) is 1.90. The van der Waals surface area contributed by atoms with Crippen LogP contribution in [0.3, 0.4) is 0 Å². The second kappa shape index (κ2) is 6.17. The number of thiophene rings is 1. The summed E-state index contributed by atoms with van der Waals surface area (Å²) in [5.41, 5.74) is 0.989. The van der Waals surface area contributed by atoms with Crippen molar-refractivity contribution in [1.29, 1.82) is 0 Å². The van der Waals surface area contributed by atoms with Gasteiger partial charge in [0.2, 0.25) is 0 Å². The second-order valence-electron chi connectivity index (χ2n) is 3.68. The Morgan fingerprint density at radius 3 is 2.67 bits per heavy atom. The van der Waals surface area contributed by atoms with E-state index in [1.807, 2.05) is 54.8 Å². The third kappa shape index (κ3) is 3.31. The van der Waals surface area contributed by atoms with E-state index in [1.54, 1.807) is 6.08 Å². The number of ether oxygens (including phenoxy) is 1. The number of rotatable bonds is 5. The number of carbonyl (C=O) groups is 1. The molecule has 0 radical (unpaired) electrons. The first-order valence-corrected chi connectivity index (χ1v) is 6.66. The number of carbonyl (C=O) groups excluding carboxylic acids is 1. The lowest BCUT2D eigenvalue weighted by Crippen LogP contribution is -1.91. The van der Waals surface area contributed by atoms with E-state index in [0.717, 1.165) is 16.2 Å². The van der Waals surface area contributed by atoms with Crippen molar-refractivity contribution in [3.63, 3.8) is 0 Å². The van der Waals surface area contributed by atoms with Gasteiger partial charge in [0, 0.05) is 0 Å². The van der Waals surface area contributed by atoms with Gasteiger partial charge in [-0.3, -0.25) is 4.79 Å². The van der Waals surface area contributed by atoms with Gasteiger partial charge in [0.15, 0.2) is 5.78 Å². The zero-order chi connectivity index (χ0) is 12.8. The summed E-state index contributed by atoms with van der Waals surface area (Å²) in [5.74, 6) is 0.887. The van der Waals surface area contributed by atoms with Gasteiger partial charge in [0.05, 0.1) is 11.5 Å². The molecule has 0 amide bonds. The Labute approximate surface area is 111 Å². The molecule has 18 heavy (non-hydrogen) atoms. The Balaban J connectivity index is 2.02. The summed E-state index contributed by atoms with van der Waals surface area (Å²) >= 11 is 1.45. The molecule has 0 unspecified atom stereocenters. The summed E-state index contributed by atoms with van der Waals surface area (Å²) in [4.78, 5) is 12.5. The highest BCUT2D eigenvalue weighted by molar-refractivity contribution is 7.12. The van der Waals surface area contributed by atoms with Crippen LogP contribution < -0.4 is 4.74 Å². The Kier molecular flexibility index (Phi) is 4.31. The van der Waals surface area contributed by atoms with Crippen LogP contribution in [0.2, 0.25) is 0 Å². The first-order chi connectivity index (χ1) is 8.79. The summed E-state index contributed by atoms with van der Waals surface area (Å²) < 4.78 is 5.36. The van der Waals surface area contributed by atoms with Crippen molar-refractivity contribution < 1.29 is 9.53 Å². The molecular formula is C15H14O2S. The van der Waals surface area contributed by atoms with Gasteiger partial charge in [-0.15, -0.1) is 11.3 Å². The molecule has 0 bridgehead atoms. The molecule has 3 heteroatoms. The van der Waals surface area contributed by atoms with Crippen molar-refractivity contribution in [1.82, 2.24) is 0 Å². The molecule has 92 valence electrons. The topological polar surface area (TPSA) is 26.3 Å². The van der Waals surface area contributed by atoms with Gasteiger partial charge in [-0.05, 0) is 42.1 Å². The molecule has 2 aromatic rings. The molecule has 1 aromatic carbocycles. The van der Waals surface area contributed by atoms with E-state index in [0.29, 0.717) is 6.61 Å². The fraction of sp³-hybridized carbons (Fsp3) is 0.133. The van der Waals surface area contributed by atoms with E-state index in [9.17, 15) is 4.79 Å².